The molecule has 0 spiro atoms. The lowest BCUT2D eigenvalue weighted by Gasteiger charge is -2.05. The van der Waals surface area contributed by atoms with Crippen LogP contribution in [-0.2, 0) is 17.8 Å². The predicted molar refractivity (Wildman–Crippen MR) is 67.4 cm³/mol. The van der Waals surface area contributed by atoms with Gasteiger partial charge in [0.25, 0.3) is 5.56 Å². The van der Waals surface area contributed by atoms with Crippen molar-refractivity contribution in [3.63, 3.8) is 0 Å². The van der Waals surface area contributed by atoms with Crippen LogP contribution in [0.3, 0.4) is 0 Å². The number of rotatable bonds is 5. The Morgan fingerprint density at radius 1 is 1.58 bits per heavy atom. The second-order valence-electron chi connectivity index (χ2n) is 3.84. The first kappa shape index (κ1) is 13.2. The Hall–Kier alpha value is -2.22. The molecular weight excluding hydrogens is 270 g/mol. The molecule has 2 aromatic rings. The number of carboxylic acid groups (broad SMARTS) is 1. The van der Waals surface area contributed by atoms with E-state index in [2.05, 4.69) is 10.2 Å². The molecule has 19 heavy (non-hydrogen) atoms. The van der Waals surface area contributed by atoms with Gasteiger partial charge >= 0.3 is 5.97 Å². The first-order valence-corrected chi connectivity index (χ1v) is 5.91. The van der Waals surface area contributed by atoms with Gasteiger partial charge in [-0.15, -0.1) is 0 Å². The summed E-state index contributed by atoms with van der Waals surface area (Å²) in [7, 11) is 0. The predicted octanol–water partition coefficient (Wildman–Crippen LogP) is 0.959. The minimum Gasteiger partial charge on any atom is -0.481 e. The maximum atomic E-state index is 12.1. The highest BCUT2D eigenvalue weighted by Gasteiger charge is 2.10. The maximum absolute atomic E-state index is 12.1. The minimum absolute atomic E-state index is 0.0540. The molecule has 0 radical (unpaired) electrons. The number of hydrogen-bond acceptors (Lipinski definition) is 5. The van der Waals surface area contributed by atoms with Crippen molar-refractivity contribution in [3.8, 4) is 0 Å². The molecule has 0 saturated carbocycles. The van der Waals surface area contributed by atoms with Crippen molar-refractivity contribution in [2.24, 2.45) is 0 Å². The number of carboxylic acids is 1. The third kappa shape index (κ3) is 3.16. The van der Waals surface area contributed by atoms with Crippen LogP contribution < -0.4 is 5.56 Å². The van der Waals surface area contributed by atoms with E-state index in [1.54, 1.807) is 12.1 Å². The zero-order chi connectivity index (χ0) is 13.8. The molecule has 0 fully saturated rings. The first-order chi connectivity index (χ1) is 9.08. The molecule has 2 rings (SSSR count). The number of aromatic nitrogens is 3. The van der Waals surface area contributed by atoms with Gasteiger partial charge in [0.05, 0.1) is 19.2 Å². The van der Waals surface area contributed by atoms with Crippen LogP contribution in [0, 0.1) is 4.77 Å². The van der Waals surface area contributed by atoms with Crippen molar-refractivity contribution in [2.75, 3.05) is 0 Å². The topological polar surface area (TPSA) is 101 Å². The van der Waals surface area contributed by atoms with E-state index >= 15 is 0 Å². The standard InChI is InChI=1S/C11H11N3O4S/c15-9(16)4-3-8-10(17)14(11(19)13-12-8)6-7-2-1-5-18-7/h1-2,5H,3-4,6H2,(H,13,19)(H,15,16). The summed E-state index contributed by atoms with van der Waals surface area (Å²) in [6.07, 6.45) is 1.39. The van der Waals surface area contributed by atoms with Crippen molar-refractivity contribution in [1.29, 1.82) is 0 Å². The summed E-state index contributed by atoms with van der Waals surface area (Å²) in [5, 5.41) is 14.9. The molecule has 0 aliphatic carbocycles. The van der Waals surface area contributed by atoms with Gasteiger partial charge in [0.1, 0.15) is 11.5 Å². The average molecular weight is 281 g/mol. The molecule has 0 aliphatic heterocycles. The van der Waals surface area contributed by atoms with Crippen LogP contribution in [0.15, 0.2) is 27.6 Å². The van der Waals surface area contributed by atoms with Crippen molar-refractivity contribution in [1.82, 2.24) is 14.8 Å². The summed E-state index contributed by atoms with van der Waals surface area (Å²) in [5.74, 6) is -0.404. The number of aryl methyl sites for hydroxylation is 1. The molecule has 0 unspecified atom stereocenters. The number of aliphatic carboxylic acids is 1. The normalized spacial score (nSPS) is 10.5. The fourth-order valence-electron chi connectivity index (χ4n) is 1.56. The number of nitrogens with one attached hydrogen (secondary N) is 1. The van der Waals surface area contributed by atoms with Gasteiger partial charge in [0, 0.05) is 6.42 Å². The Bertz CT molecular complexity index is 687. The van der Waals surface area contributed by atoms with Crippen molar-refractivity contribution >= 4 is 18.2 Å². The lowest BCUT2D eigenvalue weighted by Crippen LogP contribution is -2.28. The number of furan rings is 1. The molecule has 8 heteroatoms. The quantitative estimate of drug-likeness (QED) is 0.792. The second kappa shape index (κ2) is 5.61. The van der Waals surface area contributed by atoms with Crippen molar-refractivity contribution < 1.29 is 14.3 Å². The van der Waals surface area contributed by atoms with Crippen molar-refractivity contribution in [2.45, 2.75) is 19.4 Å². The number of hydrogen-bond donors (Lipinski definition) is 2. The van der Waals surface area contributed by atoms with E-state index in [0.29, 0.717) is 5.76 Å². The zero-order valence-electron chi connectivity index (χ0n) is 9.83. The Balaban J connectivity index is 2.32. The fraction of sp³-hybridized carbons (Fsp3) is 0.273. The van der Waals surface area contributed by atoms with Gasteiger partial charge in [0.15, 0.2) is 4.77 Å². The summed E-state index contributed by atoms with van der Waals surface area (Å²) in [5.41, 5.74) is -0.260. The Labute approximate surface area is 112 Å². The zero-order valence-corrected chi connectivity index (χ0v) is 10.6. The molecule has 100 valence electrons. The molecule has 0 aliphatic rings. The van der Waals surface area contributed by atoms with E-state index < -0.39 is 11.5 Å². The van der Waals surface area contributed by atoms with Crippen LogP contribution in [0.2, 0.25) is 0 Å². The van der Waals surface area contributed by atoms with Gasteiger partial charge in [0.2, 0.25) is 0 Å². The van der Waals surface area contributed by atoms with E-state index in [1.807, 2.05) is 0 Å². The number of nitrogens with zero attached hydrogens (tertiary/aromatic N) is 2. The average Bonchev–Trinajstić information content (AvgIpc) is 2.86. The molecular formula is C11H11N3O4S. The highest BCUT2D eigenvalue weighted by atomic mass is 32.1. The first-order valence-electron chi connectivity index (χ1n) is 5.50. The van der Waals surface area contributed by atoms with Gasteiger partial charge < -0.3 is 9.52 Å². The van der Waals surface area contributed by atoms with Crippen LogP contribution in [0.4, 0.5) is 0 Å². The highest BCUT2D eigenvalue weighted by Crippen LogP contribution is 2.02. The summed E-state index contributed by atoms with van der Waals surface area (Å²) >= 11 is 4.99. The van der Waals surface area contributed by atoms with Gasteiger partial charge in [-0.2, -0.15) is 5.10 Å². The molecule has 0 aromatic carbocycles. The third-order valence-electron chi connectivity index (χ3n) is 2.49. The number of H-pyrrole nitrogens is 1. The summed E-state index contributed by atoms with van der Waals surface area (Å²) in [6, 6.07) is 3.43. The maximum Gasteiger partial charge on any atom is 0.303 e. The highest BCUT2D eigenvalue weighted by molar-refractivity contribution is 7.71. The van der Waals surface area contributed by atoms with Crippen LogP contribution in [0.1, 0.15) is 17.9 Å². The van der Waals surface area contributed by atoms with Crippen LogP contribution in [0.5, 0.6) is 0 Å². The van der Waals surface area contributed by atoms with E-state index in [-0.39, 0.29) is 29.9 Å². The summed E-state index contributed by atoms with van der Waals surface area (Å²) in [4.78, 5) is 22.6. The smallest absolute Gasteiger partial charge is 0.303 e. The molecule has 0 saturated heterocycles. The SMILES string of the molecule is O=C(O)CCc1n[nH]c(=S)n(Cc2ccco2)c1=O. The molecule has 2 aromatic heterocycles. The van der Waals surface area contributed by atoms with E-state index in [9.17, 15) is 9.59 Å². The van der Waals surface area contributed by atoms with E-state index in [0.717, 1.165) is 0 Å². The van der Waals surface area contributed by atoms with Crippen LogP contribution in [-0.4, -0.2) is 25.8 Å². The number of carbonyl (C=O) groups is 1. The van der Waals surface area contributed by atoms with Crippen LogP contribution in [0.25, 0.3) is 0 Å². The molecule has 2 N–H and O–H groups in total. The molecule has 7 nitrogen and oxygen atoms in total. The lowest BCUT2D eigenvalue weighted by atomic mass is 10.2. The molecule has 0 bridgehead atoms. The summed E-state index contributed by atoms with van der Waals surface area (Å²) < 4.78 is 6.61. The Morgan fingerprint density at radius 2 is 2.37 bits per heavy atom. The monoisotopic (exact) mass is 281 g/mol. The van der Waals surface area contributed by atoms with Crippen LogP contribution >= 0.6 is 12.2 Å². The largest absolute Gasteiger partial charge is 0.481 e. The van der Waals surface area contributed by atoms with E-state index in [1.165, 1.54) is 10.8 Å². The fourth-order valence-corrected chi connectivity index (χ4v) is 1.75. The van der Waals surface area contributed by atoms with Gasteiger partial charge in [-0.25, -0.2) is 0 Å². The van der Waals surface area contributed by atoms with Gasteiger partial charge in [-0.05, 0) is 24.4 Å². The second-order valence-corrected chi connectivity index (χ2v) is 4.23. The van der Waals surface area contributed by atoms with Gasteiger partial charge in [-0.1, -0.05) is 0 Å². The third-order valence-corrected chi connectivity index (χ3v) is 2.81. The van der Waals surface area contributed by atoms with E-state index in [4.69, 9.17) is 21.7 Å². The number of aromatic amines is 1. The van der Waals surface area contributed by atoms with Crippen molar-refractivity contribution in [3.05, 3.63) is 45.0 Å². The molecule has 0 amide bonds. The Morgan fingerprint density at radius 3 is 3.00 bits per heavy atom. The summed E-state index contributed by atoms with van der Waals surface area (Å²) in [6.45, 7) is 0.184. The molecule has 2 heterocycles. The van der Waals surface area contributed by atoms with Gasteiger partial charge in [-0.3, -0.25) is 19.3 Å². The lowest BCUT2D eigenvalue weighted by molar-refractivity contribution is -0.136. The Kier molecular flexibility index (Phi) is 3.91. The minimum atomic E-state index is -0.985. The molecule has 0 atom stereocenters.